The first-order valence-electron chi connectivity index (χ1n) is 3.26. The van der Waals surface area contributed by atoms with Crippen molar-refractivity contribution in [3.63, 3.8) is 0 Å². The monoisotopic (exact) mass is 175 g/mol. The number of carbonyl (C=O) groups excluding carboxylic acids is 1. The van der Waals surface area contributed by atoms with Gasteiger partial charge in [0.15, 0.2) is 6.10 Å². The number of ketones is 1. The highest BCUT2D eigenvalue weighted by atomic mass is 16.5. The highest BCUT2D eigenvalue weighted by Crippen LogP contribution is 2.18. The van der Waals surface area contributed by atoms with Crippen LogP contribution in [0.15, 0.2) is 11.6 Å². The molecule has 0 fully saturated rings. The lowest BCUT2D eigenvalue weighted by Gasteiger charge is -2.13. The topological polar surface area (TPSA) is 113 Å². The van der Waals surface area contributed by atoms with Crippen molar-refractivity contribution in [1.29, 1.82) is 0 Å². The number of carbonyl (C=O) groups is 1. The Balaban J connectivity index is 2.73. The molecule has 0 aromatic rings. The van der Waals surface area contributed by atoms with E-state index in [0.717, 1.165) is 0 Å². The summed E-state index contributed by atoms with van der Waals surface area (Å²) in [6.07, 6.45) is -2.64. The summed E-state index contributed by atoms with van der Waals surface area (Å²) in [4.78, 5) is 10.9. The quantitative estimate of drug-likeness (QED) is 0.386. The molecule has 0 spiro atoms. The second kappa shape index (κ2) is 3.00. The van der Waals surface area contributed by atoms with Crippen molar-refractivity contribution in [2.75, 3.05) is 6.61 Å². The standard InChI is InChI=1S/C6H9NO5/c7-6-4(11)3(10)5(12-6)2(9)1-8/h2,5,8-9,11H,1,7H2/t2-,5+/m0/s1. The molecule has 1 rings (SSSR count). The van der Waals surface area contributed by atoms with Crippen LogP contribution in [-0.2, 0) is 9.53 Å². The van der Waals surface area contributed by atoms with Gasteiger partial charge in [-0.3, -0.25) is 4.79 Å². The van der Waals surface area contributed by atoms with Crippen LogP contribution in [-0.4, -0.2) is 39.9 Å². The zero-order valence-electron chi connectivity index (χ0n) is 6.10. The van der Waals surface area contributed by atoms with Gasteiger partial charge in [0, 0.05) is 0 Å². The summed E-state index contributed by atoms with van der Waals surface area (Å²) in [5, 5.41) is 26.3. The van der Waals surface area contributed by atoms with E-state index in [0.29, 0.717) is 0 Å². The van der Waals surface area contributed by atoms with E-state index in [1.165, 1.54) is 0 Å². The minimum atomic E-state index is -1.36. The molecule has 0 saturated heterocycles. The van der Waals surface area contributed by atoms with Crippen molar-refractivity contribution in [1.82, 2.24) is 0 Å². The van der Waals surface area contributed by atoms with Crippen LogP contribution >= 0.6 is 0 Å². The predicted molar refractivity (Wildman–Crippen MR) is 36.8 cm³/mol. The highest BCUT2D eigenvalue weighted by molar-refractivity contribution is 5.99. The van der Waals surface area contributed by atoms with Gasteiger partial charge in [-0.05, 0) is 0 Å². The summed E-state index contributed by atoms with van der Waals surface area (Å²) in [6, 6.07) is 0. The average molecular weight is 175 g/mol. The molecule has 0 unspecified atom stereocenters. The van der Waals surface area contributed by atoms with E-state index in [-0.39, 0.29) is 0 Å². The second-order valence-corrected chi connectivity index (χ2v) is 2.37. The molecule has 5 N–H and O–H groups in total. The van der Waals surface area contributed by atoms with E-state index in [4.69, 9.17) is 21.1 Å². The molecule has 1 aliphatic heterocycles. The van der Waals surface area contributed by atoms with Crippen molar-refractivity contribution in [2.24, 2.45) is 5.73 Å². The van der Waals surface area contributed by atoms with Gasteiger partial charge in [0.05, 0.1) is 6.61 Å². The van der Waals surface area contributed by atoms with Gasteiger partial charge in [-0.1, -0.05) is 0 Å². The maximum atomic E-state index is 10.9. The van der Waals surface area contributed by atoms with Crippen LogP contribution in [0.25, 0.3) is 0 Å². The third kappa shape index (κ3) is 1.21. The largest absolute Gasteiger partial charge is 0.501 e. The Kier molecular flexibility index (Phi) is 2.20. The normalized spacial score (nSPS) is 25.8. The fourth-order valence-electron chi connectivity index (χ4n) is 0.851. The van der Waals surface area contributed by atoms with Gasteiger partial charge < -0.3 is 25.8 Å². The Morgan fingerprint density at radius 2 is 2.25 bits per heavy atom. The van der Waals surface area contributed by atoms with E-state index in [1.54, 1.807) is 0 Å². The number of Topliss-reactive ketones (excluding diaryl/α,β-unsaturated/α-hetero) is 1. The molecule has 2 atom stereocenters. The summed E-state index contributed by atoms with van der Waals surface area (Å²) in [7, 11) is 0. The summed E-state index contributed by atoms with van der Waals surface area (Å²) in [5.41, 5.74) is 5.05. The van der Waals surface area contributed by atoms with Gasteiger partial charge in [-0.25, -0.2) is 0 Å². The fraction of sp³-hybridized carbons (Fsp3) is 0.500. The predicted octanol–water partition coefficient (Wildman–Crippen LogP) is -2.01. The number of aliphatic hydroxyl groups excluding tert-OH is 3. The van der Waals surface area contributed by atoms with Crippen LogP contribution < -0.4 is 5.73 Å². The van der Waals surface area contributed by atoms with Gasteiger partial charge in [-0.15, -0.1) is 0 Å². The van der Waals surface area contributed by atoms with Gasteiger partial charge in [0.1, 0.15) is 6.10 Å². The van der Waals surface area contributed by atoms with Gasteiger partial charge in [0.25, 0.3) is 0 Å². The SMILES string of the molecule is NC1=C(O)C(=O)[C@@H]([C@@H](O)CO)O1. The number of ether oxygens (including phenoxy) is 1. The summed E-state index contributed by atoms with van der Waals surface area (Å²) >= 11 is 0. The minimum Gasteiger partial charge on any atom is -0.501 e. The molecule has 12 heavy (non-hydrogen) atoms. The lowest BCUT2D eigenvalue weighted by molar-refractivity contribution is -0.129. The maximum Gasteiger partial charge on any atom is 0.245 e. The van der Waals surface area contributed by atoms with E-state index in [9.17, 15) is 4.79 Å². The van der Waals surface area contributed by atoms with Crippen LogP contribution in [0.4, 0.5) is 0 Å². The zero-order chi connectivity index (χ0) is 9.30. The van der Waals surface area contributed by atoms with Gasteiger partial charge >= 0.3 is 0 Å². The molecule has 0 aromatic heterocycles. The number of rotatable bonds is 2. The molecule has 0 saturated carbocycles. The lowest BCUT2D eigenvalue weighted by Crippen LogP contribution is -2.35. The van der Waals surface area contributed by atoms with Gasteiger partial charge in [-0.2, -0.15) is 0 Å². The smallest absolute Gasteiger partial charge is 0.245 e. The van der Waals surface area contributed by atoms with E-state index in [1.807, 2.05) is 0 Å². The second-order valence-electron chi connectivity index (χ2n) is 2.37. The van der Waals surface area contributed by atoms with Crippen LogP contribution in [0.1, 0.15) is 0 Å². The van der Waals surface area contributed by atoms with E-state index >= 15 is 0 Å². The van der Waals surface area contributed by atoms with Crippen molar-refractivity contribution in [3.8, 4) is 0 Å². The Morgan fingerprint density at radius 1 is 1.67 bits per heavy atom. The van der Waals surface area contributed by atoms with Crippen LogP contribution in [0.5, 0.6) is 0 Å². The Morgan fingerprint density at radius 3 is 2.58 bits per heavy atom. The molecular formula is C6H9NO5. The molecule has 0 aromatic carbocycles. The minimum absolute atomic E-state index is 0.419. The molecule has 6 heteroatoms. The summed E-state index contributed by atoms with van der Waals surface area (Å²) in [6.45, 7) is -0.628. The molecule has 68 valence electrons. The molecule has 0 bridgehead atoms. The van der Waals surface area contributed by atoms with Crippen molar-refractivity contribution in [3.05, 3.63) is 11.6 Å². The highest BCUT2D eigenvalue weighted by Gasteiger charge is 2.38. The van der Waals surface area contributed by atoms with Crippen molar-refractivity contribution in [2.45, 2.75) is 12.2 Å². The van der Waals surface area contributed by atoms with E-state index < -0.39 is 36.2 Å². The Labute approximate surface area is 67.9 Å². The Hall–Kier alpha value is -1.27. The lowest BCUT2D eigenvalue weighted by atomic mass is 10.1. The maximum absolute atomic E-state index is 10.9. The van der Waals surface area contributed by atoms with E-state index in [2.05, 4.69) is 4.74 Å². The molecule has 0 radical (unpaired) electrons. The number of nitrogens with two attached hydrogens (primary N) is 1. The van der Waals surface area contributed by atoms with Crippen LogP contribution in [0.2, 0.25) is 0 Å². The molecule has 0 amide bonds. The van der Waals surface area contributed by atoms with Crippen molar-refractivity contribution < 1.29 is 24.9 Å². The zero-order valence-corrected chi connectivity index (χ0v) is 6.10. The molecule has 1 aliphatic rings. The third-order valence-electron chi connectivity index (χ3n) is 1.52. The van der Waals surface area contributed by atoms with Gasteiger partial charge in [0.2, 0.25) is 17.4 Å². The first kappa shape index (κ1) is 8.82. The molecule has 0 aliphatic carbocycles. The first-order chi connectivity index (χ1) is 5.57. The molecule has 6 nitrogen and oxygen atoms in total. The van der Waals surface area contributed by atoms with Crippen LogP contribution in [0.3, 0.4) is 0 Å². The summed E-state index contributed by atoms with van der Waals surface area (Å²) in [5.74, 6) is -1.93. The first-order valence-corrected chi connectivity index (χ1v) is 3.26. The number of hydrogen-bond acceptors (Lipinski definition) is 6. The number of hydrogen-bond donors (Lipinski definition) is 4. The third-order valence-corrected chi connectivity index (χ3v) is 1.52. The molecule has 1 heterocycles. The number of aliphatic hydroxyl groups is 3. The summed E-state index contributed by atoms with van der Waals surface area (Å²) < 4.78 is 4.59. The molecular weight excluding hydrogens is 166 g/mol. The average Bonchev–Trinajstić information content (AvgIpc) is 2.32. The van der Waals surface area contributed by atoms with Crippen molar-refractivity contribution >= 4 is 5.78 Å². The Bertz CT molecular complexity index is 236. The van der Waals surface area contributed by atoms with Crippen LogP contribution in [0, 0.1) is 0 Å². The fourth-order valence-corrected chi connectivity index (χ4v) is 0.851.